The fraction of sp³-hybridized carbons (Fsp3) is 1.00. The van der Waals surface area contributed by atoms with Crippen molar-refractivity contribution in [1.82, 2.24) is 0 Å². The van der Waals surface area contributed by atoms with Crippen molar-refractivity contribution < 1.29 is 70.2 Å². The number of alkyl halides is 17. The zero-order valence-corrected chi connectivity index (χ0v) is 12.7. The molecule has 1 atom stereocenters. The molecule has 0 rings (SSSR count). The second-order valence-electron chi connectivity index (χ2n) is 4.32. The molecule has 0 saturated carbocycles. The highest BCUT2D eigenvalue weighted by molar-refractivity contribution is 14.1. The summed E-state index contributed by atoms with van der Waals surface area (Å²) in [5.41, 5.74) is 0. The van der Waals surface area contributed by atoms with Gasteiger partial charge in [-0.2, -0.15) is 65.9 Å². The second-order valence-corrected chi connectivity index (χ2v) is 5.68. The summed E-state index contributed by atoms with van der Waals surface area (Å²) in [5, 5.41) is 0. The van der Waals surface area contributed by atoms with Crippen LogP contribution in [0.25, 0.3) is 0 Å². The average Bonchev–Trinajstić information content (AvgIpc) is 2.34. The average molecular weight is 528 g/mol. The maximum absolute atomic E-state index is 12.9. The van der Waals surface area contributed by atoms with Crippen molar-refractivity contribution in [2.45, 2.75) is 45.9 Å². The summed E-state index contributed by atoms with van der Waals surface area (Å²) >= 11 is -0.923. The predicted molar refractivity (Wildman–Crippen MR) is 54.7 cm³/mol. The first kappa shape index (κ1) is 24.6. The van der Waals surface area contributed by atoms with Crippen LogP contribution in [-0.4, -0.2) is 45.9 Å². The van der Waals surface area contributed by atoms with E-state index in [9.17, 15) is 70.2 Å². The highest BCUT2D eigenvalue weighted by Gasteiger charge is 2.91. The minimum absolute atomic E-state index is 0.923. The van der Waals surface area contributed by atoms with Gasteiger partial charge in [-0.15, -0.1) is 0 Å². The Hall–Kier alpha value is -0.390. The molecular weight excluding hydrogens is 527 g/mol. The molecule has 0 fully saturated rings. The molecule has 0 aliphatic carbocycles. The molecular formula is C8HF16I. The predicted octanol–water partition coefficient (Wildman–Crippen LogP) is 6.09. The molecule has 0 amide bonds. The topological polar surface area (TPSA) is 0 Å². The molecule has 0 aliphatic heterocycles. The zero-order valence-electron chi connectivity index (χ0n) is 10.5. The van der Waals surface area contributed by atoms with Gasteiger partial charge in [-0.3, -0.25) is 0 Å². The Balaban J connectivity index is 6.40. The second kappa shape index (κ2) is 6.07. The van der Waals surface area contributed by atoms with Crippen molar-refractivity contribution in [3.05, 3.63) is 0 Å². The summed E-state index contributed by atoms with van der Waals surface area (Å²) in [7, 11) is 0. The van der Waals surface area contributed by atoms with E-state index in [0.717, 1.165) is 0 Å². The van der Waals surface area contributed by atoms with Crippen molar-refractivity contribution >= 4 is 22.6 Å². The number of hydrogen-bond donors (Lipinski definition) is 0. The van der Waals surface area contributed by atoms with Crippen LogP contribution >= 0.6 is 22.6 Å². The standard InChI is InChI=1S/C8HF16I/c9-1(3(12,13)14)2(10,11)4(15,16)5(17,18)6(19,20)7(21,22)8(23,24)25/h1H. The molecule has 0 saturated heterocycles. The molecule has 0 bridgehead atoms. The third-order valence-corrected chi connectivity index (χ3v) is 3.24. The maximum Gasteiger partial charge on any atom is 0.425 e. The molecule has 0 spiro atoms. The first-order valence-corrected chi connectivity index (χ1v) is 6.15. The fourth-order valence-electron chi connectivity index (χ4n) is 1.15. The van der Waals surface area contributed by atoms with Crippen molar-refractivity contribution in [2.75, 3.05) is 0 Å². The largest absolute Gasteiger partial charge is 0.425 e. The van der Waals surface area contributed by atoms with Gasteiger partial charge in [0.05, 0.1) is 0 Å². The number of halogens is 17. The highest BCUT2D eigenvalue weighted by Crippen LogP contribution is 2.62. The van der Waals surface area contributed by atoms with Crippen LogP contribution in [0.2, 0.25) is 0 Å². The van der Waals surface area contributed by atoms with E-state index in [2.05, 4.69) is 0 Å². The van der Waals surface area contributed by atoms with E-state index in [0.29, 0.717) is 0 Å². The molecule has 0 aliphatic rings. The first-order valence-electron chi connectivity index (χ1n) is 5.07. The normalized spacial score (nSPS) is 17.6. The SMILES string of the molecule is FC(C(F)(F)F)C(F)(F)C(F)(F)C(F)(F)C(F)(F)C(F)(F)C(F)(F)I. The van der Waals surface area contributed by atoms with Crippen LogP contribution in [0.5, 0.6) is 0 Å². The Morgan fingerprint density at radius 2 is 0.760 bits per heavy atom. The molecule has 25 heavy (non-hydrogen) atoms. The molecule has 17 heteroatoms. The van der Waals surface area contributed by atoms with Gasteiger partial charge in [0.25, 0.3) is 6.17 Å². The van der Waals surface area contributed by atoms with Crippen LogP contribution in [-0.2, 0) is 0 Å². The summed E-state index contributed by atoms with van der Waals surface area (Å²) in [6.07, 6.45) is -13.2. The smallest absolute Gasteiger partial charge is 0.230 e. The van der Waals surface area contributed by atoms with E-state index >= 15 is 0 Å². The Kier molecular flexibility index (Phi) is 5.97. The Morgan fingerprint density at radius 1 is 0.480 bits per heavy atom. The molecule has 0 nitrogen and oxygen atoms in total. The molecule has 0 aromatic heterocycles. The summed E-state index contributed by atoms with van der Waals surface area (Å²) in [6, 6.07) is 0. The van der Waals surface area contributed by atoms with Gasteiger partial charge in [-0.1, -0.05) is 0 Å². The van der Waals surface area contributed by atoms with Gasteiger partial charge in [-0.05, 0) is 0 Å². The van der Waals surface area contributed by atoms with E-state index in [1.807, 2.05) is 0 Å². The maximum atomic E-state index is 12.9. The van der Waals surface area contributed by atoms with Crippen LogP contribution in [0, 0.1) is 0 Å². The van der Waals surface area contributed by atoms with Crippen molar-refractivity contribution in [3.8, 4) is 0 Å². The lowest BCUT2D eigenvalue weighted by Crippen LogP contribution is -2.72. The lowest BCUT2D eigenvalue weighted by Gasteiger charge is -2.41. The van der Waals surface area contributed by atoms with Gasteiger partial charge in [0, 0.05) is 22.6 Å². The lowest BCUT2D eigenvalue weighted by atomic mass is 9.92. The van der Waals surface area contributed by atoms with E-state index in [1.54, 1.807) is 0 Å². The lowest BCUT2D eigenvalue weighted by molar-refractivity contribution is -0.427. The summed E-state index contributed by atoms with van der Waals surface area (Å²) in [4.78, 5) is 0. The molecule has 152 valence electrons. The number of hydrogen-bond acceptors (Lipinski definition) is 0. The van der Waals surface area contributed by atoms with E-state index in [-0.39, 0.29) is 0 Å². The molecule has 1 unspecified atom stereocenters. The highest BCUT2D eigenvalue weighted by atomic mass is 127. The van der Waals surface area contributed by atoms with Gasteiger partial charge < -0.3 is 0 Å². The quantitative estimate of drug-likeness (QED) is 0.223. The van der Waals surface area contributed by atoms with Crippen LogP contribution in [0.1, 0.15) is 0 Å². The summed E-state index contributed by atoms with van der Waals surface area (Å²) in [5.74, 6) is -39.5. The van der Waals surface area contributed by atoms with Crippen LogP contribution in [0.4, 0.5) is 70.2 Å². The zero-order chi connectivity index (χ0) is 21.1. The van der Waals surface area contributed by atoms with Gasteiger partial charge in [0.1, 0.15) is 0 Å². The fourth-order valence-corrected chi connectivity index (χ4v) is 1.49. The van der Waals surface area contributed by atoms with Crippen molar-refractivity contribution in [1.29, 1.82) is 0 Å². The Labute approximate surface area is 139 Å². The van der Waals surface area contributed by atoms with E-state index in [1.165, 1.54) is 0 Å². The third-order valence-electron chi connectivity index (χ3n) is 2.56. The van der Waals surface area contributed by atoms with E-state index in [4.69, 9.17) is 0 Å². The van der Waals surface area contributed by atoms with Gasteiger partial charge in [-0.25, -0.2) is 4.39 Å². The molecule has 0 N–H and O–H groups in total. The van der Waals surface area contributed by atoms with Crippen LogP contribution < -0.4 is 0 Å². The minimum Gasteiger partial charge on any atom is -0.230 e. The summed E-state index contributed by atoms with van der Waals surface area (Å²) in [6.45, 7) is 0. The monoisotopic (exact) mass is 528 g/mol. The minimum atomic E-state index is -8.23. The van der Waals surface area contributed by atoms with Gasteiger partial charge in [0.2, 0.25) is 0 Å². The number of rotatable bonds is 6. The molecule has 0 radical (unpaired) electrons. The molecule has 0 aromatic rings. The van der Waals surface area contributed by atoms with Gasteiger partial charge >= 0.3 is 39.7 Å². The first-order chi connectivity index (χ1) is 10.4. The van der Waals surface area contributed by atoms with Crippen LogP contribution in [0.15, 0.2) is 0 Å². The molecule has 0 heterocycles. The van der Waals surface area contributed by atoms with Crippen molar-refractivity contribution in [3.63, 3.8) is 0 Å². The van der Waals surface area contributed by atoms with Gasteiger partial charge in [0.15, 0.2) is 0 Å². The van der Waals surface area contributed by atoms with Crippen molar-refractivity contribution in [2.24, 2.45) is 0 Å². The third kappa shape index (κ3) is 3.44. The summed E-state index contributed by atoms with van der Waals surface area (Å²) < 4.78 is 194. The van der Waals surface area contributed by atoms with E-state index < -0.39 is 68.5 Å². The Bertz CT molecular complexity index is 483. The van der Waals surface area contributed by atoms with Crippen LogP contribution in [0.3, 0.4) is 0 Å². The Morgan fingerprint density at radius 3 is 1.00 bits per heavy atom. The molecule has 0 aromatic carbocycles.